The highest BCUT2D eigenvalue weighted by Gasteiger charge is 2.47. The SMILES string of the molecule is CC#Cc1cc(C)c(C2C(=O)CC3(CCN(C#N)CC3)CC2=O)c(C)c1. The van der Waals surface area contributed by atoms with E-state index < -0.39 is 5.92 Å². The first-order valence-corrected chi connectivity index (χ1v) is 9.13. The van der Waals surface area contributed by atoms with Crippen molar-refractivity contribution in [2.75, 3.05) is 13.1 Å². The van der Waals surface area contributed by atoms with E-state index in [-0.39, 0.29) is 17.0 Å². The lowest BCUT2D eigenvalue weighted by atomic mass is 9.62. The van der Waals surface area contributed by atoms with E-state index in [0.717, 1.165) is 35.1 Å². The molecule has 26 heavy (non-hydrogen) atoms. The molecule has 0 unspecified atom stereocenters. The molecular weight excluding hydrogens is 324 g/mol. The van der Waals surface area contributed by atoms with Gasteiger partial charge in [-0.15, -0.1) is 5.92 Å². The molecule has 0 bridgehead atoms. The minimum atomic E-state index is -0.641. The van der Waals surface area contributed by atoms with Crippen LogP contribution in [-0.4, -0.2) is 29.6 Å². The van der Waals surface area contributed by atoms with Gasteiger partial charge in [-0.25, -0.2) is 0 Å². The van der Waals surface area contributed by atoms with E-state index in [1.165, 1.54) is 0 Å². The van der Waals surface area contributed by atoms with Crippen LogP contribution >= 0.6 is 0 Å². The van der Waals surface area contributed by atoms with Crippen LogP contribution in [0, 0.1) is 42.6 Å². The Balaban J connectivity index is 1.88. The monoisotopic (exact) mass is 348 g/mol. The van der Waals surface area contributed by atoms with Crippen LogP contribution < -0.4 is 0 Å². The predicted octanol–water partition coefficient (Wildman–Crippen LogP) is 3.25. The number of benzene rings is 1. The number of rotatable bonds is 1. The first-order valence-electron chi connectivity index (χ1n) is 9.13. The molecule has 0 atom stereocenters. The van der Waals surface area contributed by atoms with E-state index in [1.54, 1.807) is 11.8 Å². The molecular formula is C22H24N2O2. The molecule has 1 saturated heterocycles. The number of likely N-dealkylation sites (tertiary alicyclic amines) is 1. The van der Waals surface area contributed by atoms with Crippen molar-refractivity contribution in [3.8, 4) is 18.0 Å². The zero-order chi connectivity index (χ0) is 18.9. The first-order chi connectivity index (χ1) is 12.4. The summed E-state index contributed by atoms with van der Waals surface area (Å²) in [7, 11) is 0. The number of hydrogen-bond donors (Lipinski definition) is 0. The number of Topliss-reactive ketones (excluding diaryl/α,β-unsaturated/α-hetero) is 2. The van der Waals surface area contributed by atoms with Gasteiger partial charge in [-0.1, -0.05) is 5.92 Å². The summed E-state index contributed by atoms with van der Waals surface area (Å²) in [4.78, 5) is 27.8. The van der Waals surface area contributed by atoms with Crippen molar-refractivity contribution < 1.29 is 9.59 Å². The molecule has 0 amide bonds. The molecule has 1 aliphatic carbocycles. The lowest BCUT2D eigenvalue weighted by molar-refractivity contribution is -0.138. The maximum absolute atomic E-state index is 13.0. The maximum atomic E-state index is 13.0. The topological polar surface area (TPSA) is 61.2 Å². The largest absolute Gasteiger partial charge is 0.311 e. The smallest absolute Gasteiger partial charge is 0.179 e. The number of hydrogen-bond acceptors (Lipinski definition) is 4. The van der Waals surface area contributed by atoms with Crippen LogP contribution in [0.25, 0.3) is 0 Å². The van der Waals surface area contributed by atoms with Gasteiger partial charge in [0.1, 0.15) is 17.5 Å². The lowest BCUT2D eigenvalue weighted by Gasteiger charge is -2.43. The molecule has 0 aromatic heterocycles. The van der Waals surface area contributed by atoms with Crippen molar-refractivity contribution in [3.05, 3.63) is 34.4 Å². The molecule has 0 radical (unpaired) electrons. The Kier molecular flexibility index (Phi) is 4.88. The van der Waals surface area contributed by atoms with Gasteiger partial charge in [0, 0.05) is 31.5 Å². The molecule has 2 fully saturated rings. The van der Waals surface area contributed by atoms with Crippen LogP contribution in [0.4, 0.5) is 0 Å². The fourth-order valence-electron chi connectivity index (χ4n) is 4.59. The highest BCUT2D eigenvalue weighted by Crippen LogP contribution is 2.46. The summed E-state index contributed by atoms with van der Waals surface area (Å²) >= 11 is 0. The third-order valence-electron chi connectivity index (χ3n) is 5.86. The number of piperidine rings is 1. The van der Waals surface area contributed by atoms with E-state index in [4.69, 9.17) is 5.26 Å². The molecule has 1 aliphatic heterocycles. The molecule has 1 aromatic rings. The lowest BCUT2D eigenvalue weighted by Crippen LogP contribution is -2.46. The average Bonchev–Trinajstić information content (AvgIpc) is 2.58. The highest BCUT2D eigenvalue weighted by atomic mass is 16.2. The van der Waals surface area contributed by atoms with Crippen LogP contribution in [0.2, 0.25) is 0 Å². The van der Waals surface area contributed by atoms with E-state index in [9.17, 15) is 9.59 Å². The Labute approximate surface area is 155 Å². The number of nitrogens with zero attached hydrogens (tertiary/aromatic N) is 2. The third kappa shape index (κ3) is 3.25. The minimum Gasteiger partial charge on any atom is -0.311 e. The van der Waals surface area contributed by atoms with Gasteiger partial charge in [-0.05, 0) is 67.9 Å². The third-order valence-corrected chi connectivity index (χ3v) is 5.86. The molecule has 4 nitrogen and oxygen atoms in total. The second-order valence-electron chi connectivity index (χ2n) is 7.70. The van der Waals surface area contributed by atoms with Gasteiger partial charge in [-0.3, -0.25) is 9.59 Å². The Hall–Kier alpha value is -2.59. The van der Waals surface area contributed by atoms with Crippen molar-refractivity contribution in [1.29, 1.82) is 5.26 Å². The fourth-order valence-corrected chi connectivity index (χ4v) is 4.59. The van der Waals surface area contributed by atoms with Gasteiger partial charge in [0.05, 0.1) is 0 Å². The quantitative estimate of drug-likeness (QED) is 0.444. The van der Waals surface area contributed by atoms with Crippen molar-refractivity contribution in [2.24, 2.45) is 5.41 Å². The van der Waals surface area contributed by atoms with Crippen LogP contribution in [0.1, 0.15) is 60.8 Å². The second-order valence-corrected chi connectivity index (χ2v) is 7.70. The van der Waals surface area contributed by atoms with E-state index in [2.05, 4.69) is 18.0 Å². The molecule has 3 rings (SSSR count). The number of carbonyl (C=O) groups is 2. The van der Waals surface area contributed by atoms with E-state index in [1.807, 2.05) is 26.0 Å². The summed E-state index contributed by atoms with van der Waals surface area (Å²) in [6.07, 6.45) is 4.54. The molecule has 1 aromatic carbocycles. The number of carbonyl (C=O) groups excluding carboxylic acids is 2. The number of aryl methyl sites for hydroxylation is 2. The zero-order valence-electron chi connectivity index (χ0n) is 15.7. The van der Waals surface area contributed by atoms with Gasteiger partial charge in [0.15, 0.2) is 6.19 Å². The standard InChI is InChI=1S/C22H24N2O2/c1-4-5-17-10-15(2)20(16(3)11-17)21-18(25)12-22(13-19(21)26)6-8-24(14-23)9-7-22/h10-11,21H,6-9,12-13H2,1-3H3. The normalized spacial score (nSPS) is 19.8. The molecule has 0 N–H and O–H groups in total. The fraction of sp³-hybridized carbons (Fsp3) is 0.500. The van der Waals surface area contributed by atoms with Gasteiger partial charge in [0.2, 0.25) is 0 Å². The molecule has 4 heteroatoms. The van der Waals surface area contributed by atoms with Gasteiger partial charge < -0.3 is 4.90 Å². The van der Waals surface area contributed by atoms with Crippen molar-refractivity contribution in [2.45, 2.75) is 52.4 Å². The molecule has 1 heterocycles. The van der Waals surface area contributed by atoms with Crippen LogP contribution in [0.15, 0.2) is 12.1 Å². The Morgan fingerprint density at radius 1 is 1.08 bits per heavy atom. The van der Waals surface area contributed by atoms with Gasteiger partial charge in [0.25, 0.3) is 0 Å². The summed E-state index contributed by atoms with van der Waals surface area (Å²) in [6.45, 7) is 7.00. The minimum absolute atomic E-state index is 0.0344. The Bertz CT molecular complexity index is 815. The number of nitriles is 1. The summed E-state index contributed by atoms with van der Waals surface area (Å²) < 4.78 is 0. The van der Waals surface area contributed by atoms with E-state index in [0.29, 0.717) is 25.9 Å². The van der Waals surface area contributed by atoms with Crippen LogP contribution in [-0.2, 0) is 9.59 Å². The predicted molar refractivity (Wildman–Crippen MR) is 99.3 cm³/mol. The van der Waals surface area contributed by atoms with Crippen molar-refractivity contribution >= 4 is 11.6 Å². The van der Waals surface area contributed by atoms with Crippen LogP contribution in [0.3, 0.4) is 0 Å². The van der Waals surface area contributed by atoms with Crippen molar-refractivity contribution in [3.63, 3.8) is 0 Å². The summed E-state index contributed by atoms with van der Waals surface area (Å²) in [5.41, 5.74) is 3.47. The molecule has 2 aliphatic rings. The summed E-state index contributed by atoms with van der Waals surface area (Å²) in [5, 5.41) is 9.03. The van der Waals surface area contributed by atoms with Gasteiger partial charge >= 0.3 is 0 Å². The summed E-state index contributed by atoms with van der Waals surface area (Å²) in [6, 6.07) is 3.93. The van der Waals surface area contributed by atoms with Gasteiger partial charge in [-0.2, -0.15) is 5.26 Å². The first kappa shape index (κ1) is 18.2. The average molecular weight is 348 g/mol. The summed E-state index contributed by atoms with van der Waals surface area (Å²) in [5.74, 6) is 5.37. The number of ketones is 2. The van der Waals surface area contributed by atoms with E-state index >= 15 is 0 Å². The van der Waals surface area contributed by atoms with Crippen molar-refractivity contribution in [1.82, 2.24) is 4.90 Å². The zero-order valence-corrected chi connectivity index (χ0v) is 15.7. The second kappa shape index (κ2) is 6.96. The Morgan fingerprint density at radius 3 is 2.08 bits per heavy atom. The van der Waals surface area contributed by atoms with Crippen LogP contribution in [0.5, 0.6) is 0 Å². The Morgan fingerprint density at radius 2 is 1.62 bits per heavy atom. The highest BCUT2D eigenvalue weighted by molar-refractivity contribution is 6.10. The molecule has 1 spiro atoms. The maximum Gasteiger partial charge on any atom is 0.179 e. The molecule has 1 saturated carbocycles. The molecule has 134 valence electrons.